The molecule has 1 amide bonds. The molecule has 0 aromatic heterocycles. The van der Waals surface area contributed by atoms with Gasteiger partial charge in [0.2, 0.25) is 5.91 Å². The van der Waals surface area contributed by atoms with Crippen molar-refractivity contribution >= 4 is 23.4 Å². The molecule has 2 aliphatic rings. The number of ether oxygens (including phenoxy) is 2. The molecular weight excluding hydrogens is 398 g/mol. The molecule has 0 N–H and O–H groups in total. The number of nitrogens with zero attached hydrogens (tertiary/aromatic N) is 3. The van der Waals surface area contributed by atoms with E-state index in [1.807, 2.05) is 30.3 Å². The zero-order chi connectivity index (χ0) is 21.3. The number of fused-ring (bicyclic) bond motifs is 1. The number of methoxy groups -OCH3 is 2. The molecule has 1 saturated heterocycles. The quantitative estimate of drug-likeness (QED) is 0.736. The first kappa shape index (κ1) is 20.2. The zero-order valence-electron chi connectivity index (χ0n) is 17.2. The summed E-state index contributed by atoms with van der Waals surface area (Å²) in [5.74, 6) is 1.64. The third-order valence-electron chi connectivity index (χ3n) is 5.47. The largest absolute Gasteiger partial charge is 0.493 e. The predicted octanol–water partition coefficient (Wildman–Crippen LogP) is 4.23. The lowest BCUT2D eigenvalue weighted by molar-refractivity contribution is -0.129. The van der Waals surface area contributed by atoms with Gasteiger partial charge in [-0.1, -0.05) is 30.0 Å². The molecule has 0 bridgehead atoms. The molecule has 7 heteroatoms. The SMILES string of the molecule is COc1ccc([C@@H]2CC(=O)N3CN(c4cccc(C)c4)CSC3=C2C#N)cc1OC. The molecular formula is C23H23N3O3S. The molecule has 0 aliphatic carbocycles. The first-order valence-electron chi connectivity index (χ1n) is 9.66. The van der Waals surface area contributed by atoms with E-state index in [0.29, 0.717) is 29.6 Å². The third-order valence-corrected chi connectivity index (χ3v) is 6.62. The summed E-state index contributed by atoms with van der Waals surface area (Å²) in [7, 11) is 3.16. The minimum atomic E-state index is -0.286. The van der Waals surface area contributed by atoms with Crippen LogP contribution in [0.3, 0.4) is 0 Å². The number of nitriles is 1. The van der Waals surface area contributed by atoms with Crippen molar-refractivity contribution in [2.24, 2.45) is 0 Å². The number of carbonyl (C=O) groups excluding carboxylic acids is 1. The van der Waals surface area contributed by atoms with Crippen LogP contribution in [-0.4, -0.2) is 37.6 Å². The summed E-state index contributed by atoms with van der Waals surface area (Å²) in [4.78, 5) is 17.0. The normalized spacial score (nSPS) is 18.7. The van der Waals surface area contributed by atoms with Crippen molar-refractivity contribution in [1.29, 1.82) is 5.26 Å². The number of benzene rings is 2. The van der Waals surface area contributed by atoms with Gasteiger partial charge in [-0.05, 0) is 42.3 Å². The third kappa shape index (κ3) is 3.59. The minimum Gasteiger partial charge on any atom is -0.493 e. The van der Waals surface area contributed by atoms with Gasteiger partial charge < -0.3 is 14.4 Å². The minimum absolute atomic E-state index is 0.0219. The number of rotatable bonds is 4. The Labute approximate surface area is 180 Å². The van der Waals surface area contributed by atoms with Crippen molar-refractivity contribution in [3.05, 3.63) is 64.2 Å². The lowest BCUT2D eigenvalue weighted by Crippen LogP contribution is -2.47. The Bertz CT molecular complexity index is 1060. The van der Waals surface area contributed by atoms with E-state index in [9.17, 15) is 10.1 Å². The Morgan fingerprint density at radius 3 is 2.63 bits per heavy atom. The summed E-state index contributed by atoms with van der Waals surface area (Å²) in [6.45, 7) is 2.51. The van der Waals surface area contributed by atoms with Crippen LogP contribution in [-0.2, 0) is 4.79 Å². The second kappa shape index (κ2) is 8.33. The zero-order valence-corrected chi connectivity index (χ0v) is 18.0. The van der Waals surface area contributed by atoms with E-state index in [2.05, 4.69) is 30.0 Å². The van der Waals surface area contributed by atoms with Gasteiger partial charge in [-0.2, -0.15) is 5.26 Å². The molecule has 2 heterocycles. The van der Waals surface area contributed by atoms with Crippen LogP contribution >= 0.6 is 11.8 Å². The fourth-order valence-corrected chi connectivity index (χ4v) is 5.07. The molecule has 4 rings (SSSR count). The maximum Gasteiger partial charge on any atom is 0.229 e. The number of anilines is 1. The monoisotopic (exact) mass is 421 g/mol. The summed E-state index contributed by atoms with van der Waals surface area (Å²) in [5, 5.41) is 10.7. The first-order valence-corrected chi connectivity index (χ1v) is 10.6. The summed E-state index contributed by atoms with van der Waals surface area (Å²) in [6, 6.07) is 16.2. The smallest absolute Gasteiger partial charge is 0.229 e. The summed E-state index contributed by atoms with van der Waals surface area (Å²) < 4.78 is 10.7. The molecule has 0 radical (unpaired) electrons. The van der Waals surface area contributed by atoms with Gasteiger partial charge >= 0.3 is 0 Å². The second-order valence-electron chi connectivity index (χ2n) is 7.32. The maximum absolute atomic E-state index is 13.1. The fraction of sp³-hybridized carbons (Fsp3) is 0.304. The highest BCUT2D eigenvalue weighted by atomic mass is 32.2. The number of hydrogen-bond acceptors (Lipinski definition) is 6. The predicted molar refractivity (Wildman–Crippen MR) is 117 cm³/mol. The molecule has 1 atom stereocenters. The second-order valence-corrected chi connectivity index (χ2v) is 8.25. The molecule has 0 unspecified atom stereocenters. The highest BCUT2D eigenvalue weighted by Crippen LogP contribution is 2.44. The van der Waals surface area contributed by atoms with Crippen molar-refractivity contribution in [1.82, 2.24) is 4.90 Å². The van der Waals surface area contributed by atoms with Crippen molar-refractivity contribution < 1.29 is 14.3 Å². The van der Waals surface area contributed by atoms with Crippen molar-refractivity contribution in [3.8, 4) is 17.6 Å². The Balaban J connectivity index is 1.67. The van der Waals surface area contributed by atoms with E-state index in [4.69, 9.17) is 9.47 Å². The Morgan fingerprint density at radius 2 is 1.93 bits per heavy atom. The van der Waals surface area contributed by atoms with Gasteiger partial charge in [-0.15, -0.1) is 0 Å². The average Bonchev–Trinajstić information content (AvgIpc) is 2.78. The van der Waals surface area contributed by atoms with Gasteiger partial charge in [0.1, 0.15) is 0 Å². The Kier molecular flexibility index (Phi) is 5.60. The van der Waals surface area contributed by atoms with E-state index < -0.39 is 0 Å². The summed E-state index contributed by atoms with van der Waals surface area (Å²) in [5.41, 5.74) is 3.77. The highest BCUT2D eigenvalue weighted by molar-refractivity contribution is 8.03. The van der Waals surface area contributed by atoms with E-state index in [1.54, 1.807) is 30.9 Å². The lowest BCUT2D eigenvalue weighted by Gasteiger charge is -2.42. The summed E-state index contributed by atoms with van der Waals surface area (Å²) in [6.07, 6.45) is 0.254. The van der Waals surface area contributed by atoms with Crippen LogP contribution in [0.5, 0.6) is 11.5 Å². The Hall–Kier alpha value is -3.11. The van der Waals surface area contributed by atoms with Crippen molar-refractivity contribution in [2.75, 3.05) is 31.7 Å². The maximum atomic E-state index is 13.1. The molecule has 2 aromatic rings. The highest BCUT2D eigenvalue weighted by Gasteiger charge is 2.38. The van der Waals surface area contributed by atoms with Crippen LogP contribution in [0.2, 0.25) is 0 Å². The molecule has 154 valence electrons. The first-order chi connectivity index (χ1) is 14.5. The molecule has 0 saturated carbocycles. The standard InChI is InChI=1S/C23H23N3O3S/c1-15-5-4-6-17(9-15)25-13-26-22(27)11-18(19(12-24)23(26)30-14-25)16-7-8-20(28-2)21(10-16)29-3/h4-10,18H,11,13-14H2,1-3H3/t18-/m0/s1. The molecule has 2 aromatic carbocycles. The molecule has 0 spiro atoms. The van der Waals surface area contributed by atoms with Gasteiger partial charge in [0.25, 0.3) is 0 Å². The topological polar surface area (TPSA) is 65.8 Å². The van der Waals surface area contributed by atoms with E-state index >= 15 is 0 Å². The van der Waals surface area contributed by atoms with Gasteiger partial charge in [-0.3, -0.25) is 9.69 Å². The average molecular weight is 422 g/mol. The fourth-order valence-electron chi connectivity index (χ4n) is 3.90. The molecule has 6 nitrogen and oxygen atoms in total. The number of amides is 1. The number of aryl methyl sites for hydroxylation is 1. The van der Waals surface area contributed by atoms with Crippen LogP contribution in [0, 0.1) is 18.3 Å². The van der Waals surface area contributed by atoms with E-state index in [0.717, 1.165) is 16.3 Å². The van der Waals surface area contributed by atoms with Crippen LogP contribution in [0.4, 0.5) is 5.69 Å². The van der Waals surface area contributed by atoms with Crippen LogP contribution in [0.25, 0.3) is 0 Å². The van der Waals surface area contributed by atoms with Gasteiger partial charge in [-0.25, -0.2) is 0 Å². The molecule has 2 aliphatic heterocycles. The number of carbonyl (C=O) groups is 1. The number of thioether (sulfide) groups is 1. The van der Waals surface area contributed by atoms with Crippen LogP contribution < -0.4 is 14.4 Å². The summed E-state index contributed by atoms with van der Waals surface area (Å²) >= 11 is 1.54. The van der Waals surface area contributed by atoms with Gasteiger partial charge in [0, 0.05) is 18.0 Å². The molecule has 30 heavy (non-hydrogen) atoms. The van der Waals surface area contributed by atoms with Crippen LogP contribution in [0.15, 0.2) is 53.1 Å². The molecule has 1 fully saturated rings. The van der Waals surface area contributed by atoms with E-state index in [-0.39, 0.29) is 18.2 Å². The van der Waals surface area contributed by atoms with Gasteiger partial charge in [0.05, 0.1) is 43.4 Å². The van der Waals surface area contributed by atoms with Crippen molar-refractivity contribution in [2.45, 2.75) is 19.3 Å². The lowest BCUT2D eigenvalue weighted by atomic mass is 9.86. The van der Waals surface area contributed by atoms with Gasteiger partial charge in [0.15, 0.2) is 11.5 Å². The number of allylic oxidation sites excluding steroid dienone is 1. The van der Waals surface area contributed by atoms with Crippen molar-refractivity contribution in [3.63, 3.8) is 0 Å². The Morgan fingerprint density at radius 1 is 1.13 bits per heavy atom. The van der Waals surface area contributed by atoms with E-state index in [1.165, 1.54) is 5.56 Å². The van der Waals surface area contributed by atoms with Crippen LogP contribution in [0.1, 0.15) is 23.5 Å². The number of hydrogen-bond donors (Lipinski definition) is 0.